The van der Waals surface area contributed by atoms with Crippen molar-refractivity contribution < 1.29 is 4.79 Å². The van der Waals surface area contributed by atoms with E-state index in [1.807, 2.05) is 32.0 Å². The van der Waals surface area contributed by atoms with E-state index in [2.05, 4.69) is 70.0 Å². The zero-order valence-corrected chi connectivity index (χ0v) is 19.8. The number of nitrogens with one attached hydrogen (secondary N) is 1. The van der Waals surface area contributed by atoms with Gasteiger partial charge < -0.3 is 14.8 Å². The first-order valence-corrected chi connectivity index (χ1v) is 11.7. The molecule has 1 N–H and O–H groups in total. The third-order valence-electron chi connectivity index (χ3n) is 5.37. The van der Waals surface area contributed by atoms with E-state index in [0.29, 0.717) is 0 Å². The Balaban J connectivity index is 1.71. The molecule has 0 aliphatic rings. The maximum Gasteiger partial charge on any atom is 0.234 e. The van der Waals surface area contributed by atoms with Crippen LogP contribution in [0.1, 0.15) is 31.9 Å². The van der Waals surface area contributed by atoms with Crippen LogP contribution in [0, 0.1) is 13.8 Å². The largest absolute Gasteiger partial charge is 0.372 e. The molecule has 164 valence electrons. The van der Waals surface area contributed by atoms with E-state index >= 15 is 0 Å². The number of amides is 1. The number of rotatable bonds is 9. The average Bonchev–Trinajstić information content (AvgIpc) is 3.19. The number of thioether (sulfide) groups is 1. The molecule has 6 nitrogen and oxygen atoms in total. The predicted molar refractivity (Wildman–Crippen MR) is 130 cm³/mol. The number of hydrogen-bond donors (Lipinski definition) is 1. The average molecular weight is 438 g/mol. The van der Waals surface area contributed by atoms with E-state index in [-0.39, 0.29) is 11.7 Å². The summed E-state index contributed by atoms with van der Waals surface area (Å²) >= 11 is 1.41. The van der Waals surface area contributed by atoms with Crippen LogP contribution in [0.15, 0.2) is 47.6 Å². The standard InChI is InChI=1S/C24H31N5OS/c1-6-28(7-2)20-14-12-19(13-15-20)23-26-27-24(29(23)8-3)31-16-21(30)25-22-17(4)10-9-11-18(22)5/h9-15H,6-8,16H2,1-5H3,(H,25,30). The second-order valence-corrected chi connectivity index (χ2v) is 8.32. The predicted octanol–water partition coefficient (Wildman–Crippen LogP) is 5.16. The van der Waals surface area contributed by atoms with Crippen molar-refractivity contribution in [1.29, 1.82) is 0 Å². The molecule has 0 radical (unpaired) electrons. The molecule has 0 saturated heterocycles. The van der Waals surface area contributed by atoms with Gasteiger partial charge in [-0.05, 0) is 70.0 Å². The van der Waals surface area contributed by atoms with Crippen LogP contribution in [0.5, 0.6) is 0 Å². The highest BCUT2D eigenvalue weighted by molar-refractivity contribution is 7.99. The van der Waals surface area contributed by atoms with Crippen molar-refractivity contribution in [1.82, 2.24) is 14.8 Å². The summed E-state index contributed by atoms with van der Waals surface area (Å²) in [5, 5.41) is 12.5. The van der Waals surface area contributed by atoms with Gasteiger partial charge in [0, 0.05) is 36.6 Å². The Hall–Kier alpha value is -2.80. The van der Waals surface area contributed by atoms with Crippen LogP contribution in [0.2, 0.25) is 0 Å². The summed E-state index contributed by atoms with van der Waals surface area (Å²) in [6, 6.07) is 14.4. The lowest BCUT2D eigenvalue weighted by molar-refractivity contribution is -0.113. The van der Waals surface area contributed by atoms with Crippen LogP contribution < -0.4 is 10.2 Å². The van der Waals surface area contributed by atoms with Crippen molar-refractivity contribution in [2.24, 2.45) is 0 Å². The summed E-state index contributed by atoms with van der Waals surface area (Å²) in [5.74, 6) is 1.07. The summed E-state index contributed by atoms with van der Waals surface area (Å²) < 4.78 is 2.06. The van der Waals surface area contributed by atoms with Crippen LogP contribution in [0.25, 0.3) is 11.4 Å². The number of aryl methyl sites for hydroxylation is 2. The van der Waals surface area contributed by atoms with Gasteiger partial charge in [-0.15, -0.1) is 10.2 Å². The molecule has 0 fully saturated rings. The topological polar surface area (TPSA) is 63.1 Å². The number of nitrogens with zero attached hydrogens (tertiary/aromatic N) is 4. The molecular weight excluding hydrogens is 406 g/mol. The Labute approximate surface area is 189 Å². The minimum atomic E-state index is -0.0434. The van der Waals surface area contributed by atoms with Crippen molar-refractivity contribution in [3.63, 3.8) is 0 Å². The summed E-state index contributed by atoms with van der Waals surface area (Å²) in [4.78, 5) is 14.8. The number of para-hydroxylation sites is 1. The number of anilines is 2. The fraction of sp³-hybridized carbons (Fsp3) is 0.375. The fourth-order valence-electron chi connectivity index (χ4n) is 3.62. The molecule has 3 aromatic rings. The van der Waals surface area contributed by atoms with Gasteiger partial charge in [-0.1, -0.05) is 30.0 Å². The van der Waals surface area contributed by atoms with Crippen LogP contribution in [-0.4, -0.2) is 39.5 Å². The van der Waals surface area contributed by atoms with Gasteiger partial charge in [0.05, 0.1) is 5.75 Å². The van der Waals surface area contributed by atoms with Gasteiger partial charge in [-0.25, -0.2) is 0 Å². The van der Waals surface area contributed by atoms with Crippen molar-refractivity contribution >= 4 is 29.0 Å². The summed E-state index contributed by atoms with van der Waals surface area (Å²) in [6.45, 7) is 13.1. The van der Waals surface area contributed by atoms with E-state index in [1.54, 1.807) is 0 Å². The molecule has 3 rings (SSSR count). The fourth-order valence-corrected chi connectivity index (χ4v) is 4.42. The first-order chi connectivity index (χ1) is 15.0. The zero-order valence-electron chi connectivity index (χ0n) is 19.0. The molecule has 0 atom stereocenters. The lowest BCUT2D eigenvalue weighted by atomic mass is 10.1. The third kappa shape index (κ3) is 5.28. The normalized spacial score (nSPS) is 10.9. The molecule has 0 unspecified atom stereocenters. The summed E-state index contributed by atoms with van der Waals surface area (Å²) in [7, 11) is 0. The molecule has 31 heavy (non-hydrogen) atoms. The van der Waals surface area contributed by atoms with Gasteiger partial charge in [0.25, 0.3) is 0 Å². The van der Waals surface area contributed by atoms with Gasteiger partial charge in [0.15, 0.2) is 11.0 Å². The molecule has 1 heterocycles. The van der Waals surface area contributed by atoms with Crippen LogP contribution >= 0.6 is 11.8 Å². The minimum Gasteiger partial charge on any atom is -0.372 e. The molecule has 0 spiro atoms. The molecular formula is C24H31N5OS. The van der Waals surface area contributed by atoms with Gasteiger partial charge in [0.2, 0.25) is 5.91 Å². The number of hydrogen-bond acceptors (Lipinski definition) is 5. The Morgan fingerprint density at radius 2 is 1.65 bits per heavy atom. The quantitative estimate of drug-likeness (QED) is 0.469. The summed E-state index contributed by atoms with van der Waals surface area (Å²) in [6.07, 6.45) is 0. The van der Waals surface area contributed by atoms with Crippen LogP contribution in [-0.2, 0) is 11.3 Å². The van der Waals surface area contributed by atoms with E-state index in [1.165, 1.54) is 17.4 Å². The molecule has 0 aliphatic heterocycles. The second kappa shape index (κ2) is 10.5. The van der Waals surface area contributed by atoms with Gasteiger partial charge in [0.1, 0.15) is 0 Å². The maximum absolute atomic E-state index is 12.5. The second-order valence-electron chi connectivity index (χ2n) is 7.37. The monoisotopic (exact) mass is 437 g/mol. The first kappa shape index (κ1) is 22.9. The van der Waals surface area contributed by atoms with Crippen molar-refractivity contribution in [2.75, 3.05) is 29.1 Å². The van der Waals surface area contributed by atoms with Crippen molar-refractivity contribution in [3.05, 3.63) is 53.6 Å². The lowest BCUT2D eigenvalue weighted by Crippen LogP contribution is -2.21. The first-order valence-electron chi connectivity index (χ1n) is 10.8. The molecule has 0 bridgehead atoms. The minimum absolute atomic E-state index is 0.0434. The Kier molecular flexibility index (Phi) is 7.74. The Bertz CT molecular complexity index is 1000. The van der Waals surface area contributed by atoms with Gasteiger partial charge in [-0.3, -0.25) is 4.79 Å². The van der Waals surface area contributed by atoms with Crippen LogP contribution in [0.3, 0.4) is 0 Å². The van der Waals surface area contributed by atoms with Crippen molar-refractivity contribution in [2.45, 2.75) is 46.3 Å². The van der Waals surface area contributed by atoms with Crippen molar-refractivity contribution in [3.8, 4) is 11.4 Å². The van der Waals surface area contributed by atoms with E-state index < -0.39 is 0 Å². The number of benzene rings is 2. The lowest BCUT2D eigenvalue weighted by Gasteiger charge is -2.21. The highest BCUT2D eigenvalue weighted by Crippen LogP contribution is 2.26. The van der Waals surface area contributed by atoms with Gasteiger partial charge >= 0.3 is 0 Å². The number of carbonyl (C=O) groups is 1. The Morgan fingerprint density at radius 1 is 1.00 bits per heavy atom. The highest BCUT2D eigenvalue weighted by Gasteiger charge is 2.16. The summed E-state index contributed by atoms with van der Waals surface area (Å²) in [5.41, 5.74) is 5.24. The smallest absolute Gasteiger partial charge is 0.234 e. The maximum atomic E-state index is 12.5. The SMILES string of the molecule is CCN(CC)c1ccc(-c2nnc(SCC(=O)Nc3c(C)cccc3C)n2CC)cc1. The van der Waals surface area contributed by atoms with E-state index in [0.717, 1.165) is 53.0 Å². The number of aromatic nitrogens is 3. The molecule has 0 saturated carbocycles. The number of carbonyl (C=O) groups excluding carboxylic acids is 1. The van der Waals surface area contributed by atoms with Crippen LogP contribution in [0.4, 0.5) is 11.4 Å². The molecule has 0 aliphatic carbocycles. The van der Waals surface area contributed by atoms with E-state index in [9.17, 15) is 4.79 Å². The Morgan fingerprint density at radius 3 is 2.23 bits per heavy atom. The van der Waals surface area contributed by atoms with E-state index in [4.69, 9.17) is 0 Å². The zero-order chi connectivity index (χ0) is 22.4. The molecule has 1 aromatic heterocycles. The highest BCUT2D eigenvalue weighted by atomic mass is 32.2. The molecule has 1 amide bonds. The molecule has 2 aromatic carbocycles. The molecule has 7 heteroatoms. The third-order valence-corrected chi connectivity index (χ3v) is 6.33. The van der Waals surface area contributed by atoms with Gasteiger partial charge in [-0.2, -0.15) is 0 Å².